The normalized spacial score (nSPS) is 11.6. The molecule has 0 spiro atoms. The predicted molar refractivity (Wildman–Crippen MR) is 51.9 cm³/mol. The highest BCUT2D eigenvalue weighted by molar-refractivity contribution is 5.92. The Labute approximate surface area is 93.8 Å². The van der Waals surface area contributed by atoms with Crippen molar-refractivity contribution < 1.29 is 22.4 Å². The second-order valence-corrected chi connectivity index (χ2v) is 3.22. The van der Waals surface area contributed by atoms with Crippen LogP contribution in [0.25, 0.3) is 0 Å². The standard InChI is InChI=1S/C9H9F4N3O/c10-8(11)9(12,13)4-16-7(17)6-2-1-5(14)3-15-6/h1-3,8H,4,14H2,(H,16,17). The zero-order chi connectivity index (χ0) is 13.1. The first-order chi connectivity index (χ1) is 7.83. The zero-order valence-corrected chi connectivity index (χ0v) is 8.46. The molecule has 4 nitrogen and oxygen atoms in total. The highest BCUT2D eigenvalue weighted by Crippen LogP contribution is 2.21. The van der Waals surface area contributed by atoms with Gasteiger partial charge in [0.15, 0.2) is 0 Å². The number of carbonyl (C=O) groups is 1. The summed E-state index contributed by atoms with van der Waals surface area (Å²) in [7, 11) is 0. The Morgan fingerprint density at radius 3 is 2.59 bits per heavy atom. The molecule has 1 heterocycles. The van der Waals surface area contributed by atoms with Gasteiger partial charge in [-0.2, -0.15) is 8.78 Å². The molecule has 94 valence electrons. The lowest BCUT2D eigenvalue weighted by molar-refractivity contribution is -0.123. The van der Waals surface area contributed by atoms with Gasteiger partial charge in [0.1, 0.15) is 5.69 Å². The topological polar surface area (TPSA) is 68.0 Å². The summed E-state index contributed by atoms with van der Waals surface area (Å²) in [5.41, 5.74) is 5.41. The lowest BCUT2D eigenvalue weighted by Crippen LogP contribution is -2.41. The van der Waals surface area contributed by atoms with Gasteiger partial charge in [0.25, 0.3) is 5.91 Å². The predicted octanol–water partition coefficient (Wildman–Crippen LogP) is 1.29. The van der Waals surface area contributed by atoms with Crippen LogP contribution in [0.2, 0.25) is 0 Å². The number of aromatic nitrogens is 1. The van der Waals surface area contributed by atoms with Crippen LogP contribution in [-0.4, -0.2) is 29.8 Å². The summed E-state index contributed by atoms with van der Waals surface area (Å²) in [6.45, 7) is -1.45. The lowest BCUT2D eigenvalue weighted by atomic mass is 10.3. The summed E-state index contributed by atoms with van der Waals surface area (Å²) in [5, 5.41) is 1.67. The minimum Gasteiger partial charge on any atom is -0.397 e. The van der Waals surface area contributed by atoms with Crippen LogP contribution >= 0.6 is 0 Å². The smallest absolute Gasteiger partial charge is 0.324 e. The van der Waals surface area contributed by atoms with Crippen molar-refractivity contribution in [1.82, 2.24) is 10.3 Å². The van der Waals surface area contributed by atoms with Crippen molar-refractivity contribution in [3.8, 4) is 0 Å². The Balaban J connectivity index is 2.59. The van der Waals surface area contributed by atoms with E-state index >= 15 is 0 Å². The van der Waals surface area contributed by atoms with E-state index in [1.165, 1.54) is 12.1 Å². The molecule has 0 saturated carbocycles. The number of anilines is 1. The van der Waals surface area contributed by atoms with Crippen LogP contribution in [0.5, 0.6) is 0 Å². The van der Waals surface area contributed by atoms with Gasteiger partial charge in [-0.25, -0.2) is 13.8 Å². The second-order valence-electron chi connectivity index (χ2n) is 3.22. The van der Waals surface area contributed by atoms with Crippen LogP contribution < -0.4 is 11.1 Å². The Bertz CT molecular complexity index is 394. The molecule has 0 atom stereocenters. The molecule has 8 heteroatoms. The molecule has 0 bridgehead atoms. The number of nitrogens with zero attached hydrogens (tertiary/aromatic N) is 1. The zero-order valence-electron chi connectivity index (χ0n) is 8.46. The number of nitrogen functional groups attached to an aromatic ring is 1. The Morgan fingerprint density at radius 1 is 1.47 bits per heavy atom. The highest BCUT2D eigenvalue weighted by atomic mass is 19.3. The van der Waals surface area contributed by atoms with Gasteiger partial charge < -0.3 is 11.1 Å². The maximum atomic E-state index is 12.5. The van der Waals surface area contributed by atoms with E-state index in [9.17, 15) is 22.4 Å². The van der Waals surface area contributed by atoms with Gasteiger partial charge in [0.2, 0.25) is 0 Å². The molecule has 0 radical (unpaired) electrons. The fraction of sp³-hybridized carbons (Fsp3) is 0.333. The third kappa shape index (κ3) is 3.58. The molecule has 0 unspecified atom stereocenters. The molecule has 0 aromatic carbocycles. The first kappa shape index (κ1) is 13.2. The Kier molecular flexibility index (Phi) is 3.87. The molecule has 1 aromatic rings. The Hall–Kier alpha value is -1.86. The SMILES string of the molecule is Nc1ccc(C(=O)NCC(F)(F)C(F)F)nc1. The summed E-state index contributed by atoms with van der Waals surface area (Å²) in [6, 6.07) is 2.54. The minimum atomic E-state index is -4.26. The van der Waals surface area contributed by atoms with Gasteiger partial charge >= 0.3 is 12.3 Å². The van der Waals surface area contributed by atoms with Crippen LogP contribution in [-0.2, 0) is 0 Å². The highest BCUT2D eigenvalue weighted by Gasteiger charge is 2.40. The quantitative estimate of drug-likeness (QED) is 0.792. The number of pyridine rings is 1. The van der Waals surface area contributed by atoms with E-state index in [0.717, 1.165) is 6.20 Å². The van der Waals surface area contributed by atoms with Crippen molar-refractivity contribution in [2.75, 3.05) is 12.3 Å². The third-order valence-electron chi connectivity index (χ3n) is 1.82. The minimum absolute atomic E-state index is 0.177. The number of nitrogens with two attached hydrogens (primary N) is 1. The number of nitrogens with one attached hydrogen (secondary N) is 1. The van der Waals surface area contributed by atoms with Crippen molar-refractivity contribution in [2.45, 2.75) is 12.3 Å². The largest absolute Gasteiger partial charge is 0.397 e. The van der Waals surface area contributed by atoms with Crippen molar-refractivity contribution in [2.24, 2.45) is 0 Å². The van der Waals surface area contributed by atoms with Gasteiger partial charge in [-0.15, -0.1) is 0 Å². The van der Waals surface area contributed by atoms with Crippen LogP contribution in [0.4, 0.5) is 23.2 Å². The van der Waals surface area contributed by atoms with Crippen LogP contribution in [0.1, 0.15) is 10.5 Å². The number of carbonyl (C=O) groups excluding carboxylic acids is 1. The lowest BCUT2D eigenvalue weighted by Gasteiger charge is -2.15. The first-order valence-corrected chi connectivity index (χ1v) is 4.48. The molecule has 0 fully saturated rings. The third-order valence-corrected chi connectivity index (χ3v) is 1.82. The van der Waals surface area contributed by atoms with Gasteiger partial charge in [0, 0.05) is 0 Å². The molecular formula is C9H9F4N3O. The molecular weight excluding hydrogens is 242 g/mol. The maximum absolute atomic E-state index is 12.5. The van der Waals surface area contributed by atoms with Gasteiger partial charge in [-0.05, 0) is 12.1 Å². The molecule has 1 aromatic heterocycles. The summed E-state index contributed by atoms with van der Waals surface area (Å²) in [5.74, 6) is -5.23. The van der Waals surface area contributed by atoms with Crippen LogP contribution in [0.15, 0.2) is 18.3 Å². The molecule has 1 amide bonds. The molecule has 0 aliphatic heterocycles. The molecule has 3 N–H and O–H groups in total. The average molecular weight is 251 g/mol. The molecule has 0 aliphatic carbocycles. The van der Waals surface area contributed by atoms with Crippen molar-refractivity contribution in [1.29, 1.82) is 0 Å². The number of amides is 1. The number of rotatable bonds is 4. The molecule has 17 heavy (non-hydrogen) atoms. The second kappa shape index (κ2) is 4.98. The van der Waals surface area contributed by atoms with Crippen LogP contribution in [0.3, 0.4) is 0 Å². The fourth-order valence-electron chi connectivity index (χ4n) is 0.905. The molecule has 1 rings (SSSR count). The molecule has 0 saturated heterocycles. The summed E-state index contributed by atoms with van der Waals surface area (Å²) in [6.07, 6.45) is -2.68. The van der Waals surface area contributed by atoms with E-state index in [-0.39, 0.29) is 5.69 Å². The maximum Gasteiger partial charge on any atom is 0.324 e. The van der Waals surface area contributed by atoms with Gasteiger partial charge in [-0.3, -0.25) is 4.79 Å². The monoisotopic (exact) mass is 251 g/mol. The fourth-order valence-corrected chi connectivity index (χ4v) is 0.905. The van der Waals surface area contributed by atoms with E-state index in [1.54, 1.807) is 5.32 Å². The summed E-state index contributed by atoms with van der Waals surface area (Å²) in [4.78, 5) is 14.8. The van der Waals surface area contributed by atoms with Gasteiger partial charge in [0.05, 0.1) is 18.4 Å². The van der Waals surface area contributed by atoms with Gasteiger partial charge in [-0.1, -0.05) is 0 Å². The van der Waals surface area contributed by atoms with E-state index in [0.29, 0.717) is 5.69 Å². The van der Waals surface area contributed by atoms with Crippen molar-refractivity contribution in [3.63, 3.8) is 0 Å². The number of alkyl halides is 4. The summed E-state index contributed by atoms with van der Waals surface area (Å²) >= 11 is 0. The average Bonchev–Trinajstić information content (AvgIpc) is 2.27. The van der Waals surface area contributed by atoms with Crippen LogP contribution in [0, 0.1) is 0 Å². The Morgan fingerprint density at radius 2 is 2.12 bits per heavy atom. The summed E-state index contributed by atoms with van der Waals surface area (Å²) < 4.78 is 48.5. The first-order valence-electron chi connectivity index (χ1n) is 4.48. The van der Waals surface area contributed by atoms with E-state index in [1.807, 2.05) is 0 Å². The number of hydrogen-bond acceptors (Lipinski definition) is 3. The van der Waals surface area contributed by atoms with E-state index < -0.39 is 24.8 Å². The van der Waals surface area contributed by atoms with E-state index in [2.05, 4.69) is 4.98 Å². The number of hydrogen-bond donors (Lipinski definition) is 2. The number of halogens is 4. The van der Waals surface area contributed by atoms with Crippen molar-refractivity contribution >= 4 is 11.6 Å². The van der Waals surface area contributed by atoms with E-state index in [4.69, 9.17) is 5.73 Å². The molecule has 0 aliphatic rings. The van der Waals surface area contributed by atoms with Crippen molar-refractivity contribution in [3.05, 3.63) is 24.0 Å².